The van der Waals surface area contributed by atoms with Crippen molar-refractivity contribution in [2.75, 3.05) is 49.4 Å². The van der Waals surface area contributed by atoms with Gasteiger partial charge >= 0.3 is 0 Å². The van der Waals surface area contributed by atoms with Crippen LogP contribution in [0.3, 0.4) is 0 Å². The van der Waals surface area contributed by atoms with E-state index in [-0.39, 0.29) is 17.2 Å². The number of hydrogen-bond acceptors (Lipinski definition) is 7. The molecule has 0 unspecified atom stereocenters. The van der Waals surface area contributed by atoms with Gasteiger partial charge in [0.05, 0.1) is 42.7 Å². The molecule has 9 heteroatoms. The highest BCUT2D eigenvalue weighted by atomic mass is 32.2. The summed E-state index contributed by atoms with van der Waals surface area (Å²) in [6.07, 6.45) is 1.81. The lowest BCUT2D eigenvalue weighted by Crippen LogP contribution is -2.36. The number of aromatic nitrogens is 2. The zero-order chi connectivity index (χ0) is 23.9. The Labute approximate surface area is 203 Å². The largest absolute Gasteiger partial charge is 0.495 e. The lowest BCUT2D eigenvalue weighted by Gasteiger charge is -2.29. The van der Waals surface area contributed by atoms with Gasteiger partial charge in [0, 0.05) is 25.3 Å². The van der Waals surface area contributed by atoms with Gasteiger partial charge in [0.25, 0.3) is 5.56 Å². The molecule has 2 heterocycles. The second-order valence-corrected chi connectivity index (χ2v) is 8.99. The van der Waals surface area contributed by atoms with Crippen molar-refractivity contribution in [2.24, 2.45) is 0 Å². The van der Waals surface area contributed by atoms with Gasteiger partial charge in [-0.3, -0.25) is 14.2 Å². The smallest absolute Gasteiger partial charge is 0.262 e. The van der Waals surface area contributed by atoms with Crippen LogP contribution < -0.4 is 20.5 Å². The first kappa shape index (κ1) is 24.1. The summed E-state index contributed by atoms with van der Waals surface area (Å²) in [6.45, 7) is 5.63. The molecule has 1 aromatic heterocycles. The highest BCUT2D eigenvalue weighted by Crippen LogP contribution is 2.25. The zero-order valence-corrected chi connectivity index (χ0v) is 20.4. The number of benzene rings is 2. The number of carbonyl (C=O) groups is 1. The average Bonchev–Trinajstić information content (AvgIpc) is 2.87. The van der Waals surface area contributed by atoms with Crippen LogP contribution in [-0.4, -0.2) is 54.6 Å². The van der Waals surface area contributed by atoms with E-state index < -0.39 is 0 Å². The maximum Gasteiger partial charge on any atom is 0.262 e. The van der Waals surface area contributed by atoms with Crippen LogP contribution in [0.1, 0.15) is 19.8 Å². The Balaban J connectivity index is 1.58. The van der Waals surface area contributed by atoms with Crippen molar-refractivity contribution in [3.63, 3.8) is 0 Å². The van der Waals surface area contributed by atoms with Crippen LogP contribution in [0.15, 0.2) is 52.4 Å². The summed E-state index contributed by atoms with van der Waals surface area (Å²) < 4.78 is 12.5. The van der Waals surface area contributed by atoms with Crippen LogP contribution in [0.5, 0.6) is 5.75 Å². The number of thioether (sulfide) groups is 1. The number of ether oxygens (including phenoxy) is 2. The lowest BCUT2D eigenvalue weighted by atomic mass is 10.2. The minimum Gasteiger partial charge on any atom is -0.495 e. The summed E-state index contributed by atoms with van der Waals surface area (Å²) in [4.78, 5) is 33.1. The highest BCUT2D eigenvalue weighted by Gasteiger charge is 2.17. The molecule has 1 fully saturated rings. The van der Waals surface area contributed by atoms with Crippen molar-refractivity contribution in [3.8, 4) is 5.75 Å². The van der Waals surface area contributed by atoms with Crippen molar-refractivity contribution in [1.29, 1.82) is 0 Å². The molecule has 0 aliphatic carbocycles. The van der Waals surface area contributed by atoms with Gasteiger partial charge in [-0.15, -0.1) is 0 Å². The molecule has 8 nitrogen and oxygen atoms in total. The second-order valence-electron chi connectivity index (χ2n) is 8.04. The van der Waals surface area contributed by atoms with Gasteiger partial charge in [-0.25, -0.2) is 4.98 Å². The number of para-hydroxylation sites is 2. The normalized spacial score (nSPS) is 13.8. The summed E-state index contributed by atoms with van der Waals surface area (Å²) in [6, 6.07) is 13.1. The van der Waals surface area contributed by atoms with Gasteiger partial charge in [-0.2, -0.15) is 0 Å². The molecule has 1 saturated heterocycles. The number of hydrogen-bond donors (Lipinski definition) is 1. The lowest BCUT2D eigenvalue weighted by molar-refractivity contribution is -0.113. The third-order valence-corrected chi connectivity index (χ3v) is 6.70. The fourth-order valence-electron chi connectivity index (χ4n) is 3.89. The van der Waals surface area contributed by atoms with E-state index in [1.807, 2.05) is 30.3 Å². The van der Waals surface area contributed by atoms with Crippen molar-refractivity contribution >= 4 is 39.9 Å². The number of fused-ring (bicyclic) bond motifs is 1. The Morgan fingerprint density at radius 2 is 2.00 bits per heavy atom. The Morgan fingerprint density at radius 3 is 2.76 bits per heavy atom. The molecule has 1 N–H and O–H groups in total. The standard InChI is InChI=1S/C25H30N4O4S/c1-3-4-11-29-24(31)19-16-18(28-12-14-33-15-13-28)9-10-20(19)27-25(29)34-17-23(30)26-21-7-5-6-8-22(21)32-2/h5-10,16H,3-4,11-15,17H2,1-2H3,(H,26,30). The van der Waals surface area contributed by atoms with E-state index in [1.165, 1.54) is 11.8 Å². The molecule has 1 aliphatic rings. The van der Waals surface area contributed by atoms with Crippen molar-refractivity contribution in [1.82, 2.24) is 9.55 Å². The van der Waals surface area contributed by atoms with Gasteiger partial charge in [-0.1, -0.05) is 37.2 Å². The minimum absolute atomic E-state index is 0.0683. The number of unbranched alkanes of at least 4 members (excludes halogenated alkanes) is 1. The first-order valence-corrected chi connectivity index (χ1v) is 12.5. The number of nitrogens with one attached hydrogen (secondary N) is 1. The maximum atomic E-state index is 13.5. The van der Waals surface area contributed by atoms with Gasteiger partial charge in [0.15, 0.2) is 5.16 Å². The quantitative estimate of drug-likeness (QED) is 0.367. The van der Waals surface area contributed by atoms with E-state index >= 15 is 0 Å². The Bertz CT molecular complexity index is 1210. The molecule has 1 amide bonds. The zero-order valence-electron chi connectivity index (χ0n) is 19.6. The number of carbonyl (C=O) groups excluding carboxylic acids is 1. The van der Waals surface area contributed by atoms with Crippen LogP contribution in [-0.2, 0) is 16.1 Å². The average molecular weight is 483 g/mol. The number of nitrogens with zero attached hydrogens (tertiary/aromatic N) is 3. The van der Waals surface area contributed by atoms with Crippen LogP contribution in [0.4, 0.5) is 11.4 Å². The Hall–Kier alpha value is -3.04. The molecule has 4 rings (SSSR count). The maximum absolute atomic E-state index is 13.5. The number of anilines is 2. The van der Waals surface area contributed by atoms with E-state index in [4.69, 9.17) is 14.5 Å². The van der Waals surface area contributed by atoms with Crippen LogP contribution >= 0.6 is 11.8 Å². The number of amides is 1. The molecule has 0 spiro atoms. The first-order chi connectivity index (χ1) is 16.6. The van der Waals surface area contributed by atoms with Crippen LogP contribution in [0.2, 0.25) is 0 Å². The SMILES string of the molecule is CCCCn1c(SCC(=O)Nc2ccccc2OC)nc2ccc(N3CCOCC3)cc2c1=O. The van der Waals surface area contributed by atoms with Crippen molar-refractivity contribution < 1.29 is 14.3 Å². The summed E-state index contributed by atoms with van der Waals surface area (Å²) in [5.41, 5.74) is 2.19. The minimum atomic E-state index is -0.187. The van der Waals surface area contributed by atoms with E-state index in [2.05, 4.69) is 17.1 Å². The van der Waals surface area contributed by atoms with Crippen LogP contribution in [0, 0.1) is 0 Å². The van der Waals surface area contributed by atoms with Crippen LogP contribution in [0.25, 0.3) is 10.9 Å². The Morgan fingerprint density at radius 1 is 1.21 bits per heavy atom. The predicted octanol–water partition coefficient (Wildman–Crippen LogP) is 3.77. The van der Waals surface area contributed by atoms with E-state index in [0.717, 1.165) is 31.6 Å². The first-order valence-electron chi connectivity index (χ1n) is 11.5. The third-order valence-electron chi connectivity index (χ3n) is 5.73. The van der Waals surface area contributed by atoms with Gasteiger partial charge in [-0.05, 0) is 36.8 Å². The molecule has 0 bridgehead atoms. The molecule has 1 aliphatic heterocycles. The number of rotatable bonds is 9. The summed E-state index contributed by atoms with van der Waals surface area (Å²) in [5.74, 6) is 0.544. The highest BCUT2D eigenvalue weighted by molar-refractivity contribution is 7.99. The summed E-state index contributed by atoms with van der Waals surface area (Å²) in [5, 5.41) is 4.03. The molecule has 0 radical (unpaired) electrons. The second kappa shape index (κ2) is 11.4. The fourth-order valence-corrected chi connectivity index (χ4v) is 4.72. The molecule has 0 saturated carbocycles. The summed E-state index contributed by atoms with van der Waals surface area (Å²) >= 11 is 1.27. The molecule has 180 valence electrons. The van der Waals surface area contributed by atoms with Crippen molar-refractivity contribution in [3.05, 3.63) is 52.8 Å². The monoisotopic (exact) mass is 482 g/mol. The molecular weight excluding hydrogens is 452 g/mol. The predicted molar refractivity (Wildman–Crippen MR) is 136 cm³/mol. The summed E-state index contributed by atoms with van der Waals surface area (Å²) in [7, 11) is 1.57. The van der Waals surface area contributed by atoms with Gasteiger partial charge < -0.3 is 19.7 Å². The molecule has 3 aromatic rings. The Kier molecular flexibility index (Phi) is 8.08. The van der Waals surface area contributed by atoms with Crippen molar-refractivity contribution in [2.45, 2.75) is 31.5 Å². The van der Waals surface area contributed by atoms with Gasteiger partial charge in [0.2, 0.25) is 5.91 Å². The fraction of sp³-hybridized carbons (Fsp3) is 0.400. The van der Waals surface area contributed by atoms with E-state index in [0.29, 0.717) is 47.3 Å². The molecule has 2 aromatic carbocycles. The molecule has 34 heavy (non-hydrogen) atoms. The third kappa shape index (κ3) is 5.53. The number of methoxy groups -OCH3 is 1. The van der Waals surface area contributed by atoms with E-state index in [9.17, 15) is 9.59 Å². The topological polar surface area (TPSA) is 85.7 Å². The molecule has 0 atom stereocenters. The number of morpholine rings is 1. The van der Waals surface area contributed by atoms with Gasteiger partial charge in [0.1, 0.15) is 5.75 Å². The van der Waals surface area contributed by atoms with E-state index in [1.54, 1.807) is 23.8 Å². The molecular formula is C25H30N4O4S.